The molecule has 0 aromatic heterocycles. The number of rotatable bonds is 3. The summed E-state index contributed by atoms with van der Waals surface area (Å²) in [7, 11) is 0. The van der Waals surface area contributed by atoms with E-state index in [1.807, 2.05) is 6.92 Å². The van der Waals surface area contributed by atoms with Crippen molar-refractivity contribution in [3.05, 3.63) is 35.4 Å². The zero-order chi connectivity index (χ0) is 18.0. The molecule has 0 saturated carbocycles. The maximum absolute atomic E-state index is 12.6. The lowest BCUT2D eigenvalue weighted by atomic mass is 9.74. The first-order valence-corrected chi connectivity index (χ1v) is 10.5. The van der Waals surface area contributed by atoms with Gasteiger partial charge in [0.15, 0.2) is 0 Å². The van der Waals surface area contributed by atoms with Crippen molar-refractivity contribution in [3.8, 4) is 0 Å². The second kappa shape index (κ2) is 7.69. The highest BCUT2D eigenvalue weighted by Crippen LogP contribution is 2.38. The third-order valence-corrected chi connectivity index (χ3v) is 6.65. The van der Waals surface area contributed by atoms with Crippen LogP contribution in [0.1, 0.15) is 43.7 Å². The van der Waals surface area contributed by atoms with E-state index in [9.17, 15) is 4.79 Å². The fraction of sp³-hybridized carbons (Fsp3) is 0.682. The van der Waals surface area contributed by atoms with Crippen LogP contribution >= 0.6 is 0 Å². The summed E-state index contributed by atoms with van der Waals surface area (Å²) >= 11 is 0. The molecule has 1 aromatic carbocycles. The zero-order valence-electron chi connectivity index (χ0n) is 16.2. The molecule has 4 heteroatoms. The highest BCUT2D eigenvalue weighted by Gasteiger charge is 2.40. The number of piperidine rings is 1. The summed E-state index contributed by atoms with van der Waals surface area (Å²) in [5, 5.41) is 3.51. The van der Waals surface area contributed by atoms with E-state index in [4.69, 9.17) is 0 Å². The molecule has 0 aliphatic carbocycles. The minimum Gasteiger partial charge on any atom is -0.338 e. The van der Waals surface area contributed by atoms with Crippen LogP contribution in [0.15, 0.2) is 24.3 Å². The van der Waals surface area contributed by atoms with Crippen molar-refractivity contribution in [2.24, 2.45) is 11.3 Å². The van der Waals surface area contributed by atoms with Gasteiger partial charge >= 0.3 is 0 Å². The maximum Gasteiger partial charge on any atom is 0.222 e. The number of amides is 1. The van der Waals surface area contributed by atoms with Crippen molar-refractivity contribution in [1.29, 1.82) is 0 Å². The lowest BCUT2D eigenvalue weighted by Gasteiger charge is -2.45. The van der Waals surface area contributed by atoms with Gasteiger partial charge in [-0.2, -0.15) is 0 Å². The van der Waals surface area contributed by atoms with Crippen LogP contribution in [0.4, 0.5) is 0 Å². The first-order chi connectivity index (χ1) is 12.7. The number of hydrogen-bond donors (Lipinski definition) is 1. The molecule has 3 aliphatic heterocycles. The minimum atomic E-state index is 0.224. The Kier molecular flexibility index (Phi) is 5.32. The molecule has 1 spiro atoms. The number of likely N-dealkylation sites (tertiary alicyclic amines) is 1. The van der Waals surface area contributed by atoms with Crippen molar-refractivity contribution in [3.63, 3.8) is 0 Å². The predicted molar refractivity (Wildman–Crippen MR) is 105 cm³/mol. The summed E-state index contributed by atoms with van der Waals surface area (Å²) in [5.74, 6) is 1.11. The molecular weight excluding hydrogens is 322 g/mol. The smallest absolute Gasteiger partial charge is 0.222 e. The van der Waals surface area contributed by atoms with Gasteiger partial charge in [-0.05, 0) is 62.4 Å². The van der Waals surface area contributed by atoms with Crippen LogP contribution < -0.4 is 5.32 Å². The van der Waals surface area contributed by atoms with Gasteiger partial charge in [0.1, 0.15) is 0 Å². The molecule has 142 valence electrons. The fourth-order valence-electron chi connectivity index (χ4n) is 5.39. The van der Waals surface area contributed by atoms with Gasteiger partial charge in [0.05, 0.1) is 0 Å². The van der Waals surface area contributed by atoms with E-state index in [-0.39, 0.29) is 5.41 Å². The van der Waals surface area contributed by atoms with E-state index in [2.05, 4.69) is 39.4 Å². The van der Waals surface area contributed by atoms with E-state index in [0.29, 0.717) is 12.3 Å². The molecule has 3 aliphatic rings. The lowest BCUT2D eigenvalue weighted by Crippen LogP contribution is -2.51. The van der Waals surface area contributed by atoms with Gasteiger partial charge in [0.25, 0.3) is 0 Å². The third kappa shape index (κ3) is 3.81. The molecular formula is C22H33N3O. The summed E-state index contributed by atoms with van der Waals surface area (Å²) < 4.78 is 0. The number of hydrogen-bond acceptors (Lipinski definition) is 3. The summed E-state index contributed by atoms with van der Waals surface area (Å²) in [6.07, 6.45) is 5.54. The molecule has 1 amide bonds. The van der Waals surface area contributed by atoms with Gasteiger partial charge in [-0.15, -0.1) is 0 Å². The van der Waals surface area contributed by atoms with Gasteiger partial charge in [-0.3, -0.25) is 4.79 Å². The van der Waals surface area contributed by atoms with Crippen LogP contribution in [0.5, 0.6) is 0 Å². The molecule has 4 rings (SSSR count). The van der Waals surface area contributed by atoms with Crippen molar-refractivity contribution >= 4 is 5.91 Å². The van der Waals surface area contributed by atoms with Gasteiger partial charge in [-0.1, -0.05) is 31.2 Å². The summed E-state index contributed by atoms with van der Waals surface area (Å²) in [6.45, 7) is 9.64. The van der Waals surface area contributed by atoms with Crippen LogP contribution in [0, 0.1) is 11.3 Å². The highest BCUT2D eigenvalue weighted by molar-refractivity contribution is 5.76. The summed E-state index contributed by atoms with van der Waals surface area (Å²) in [6, 6.07) is 8.78. The standard InChI is InChI=1S/C22H33N3O/c1-2-21(26)25-15-20-7-4-3-6-19(20)12-22(17-25)9-5-11-24(16-22)14-18-8-10-23-13-18/h3-4,6-7,18,23H,2,5,8-17H2,1H3. The topological polar surface area (TPSA) is 35.6 Å². The number of carbonyl (C=O) groups is 1. The molecule has 2 atom stereocenters. The van der Waals surface area contributed by atoms with Crippen LogP contribution in [0.3, 0.4) is 0 Å². The Bertz CT molecular complexity index is 640. The molecule has 3 heterocycles. The normalized spacial score (nSPS) is 29.6. The molecule has 0 bridgehead atoms. The van der Waals surface area contributed by atoms with Crippen molar-refractivity contribution in [1.82, 2.24) is 15.1 Å². The number of nitrogens with one attached hydrogen (secondary N) is 1. The monoisotopic (exact) mass is 355 g/mol. The van der Waals surface area contributed by atoms with Crippen molar-refractivity contribution in [2.45, 2.75) is 45.6 Å². The van der Waals surface area contributed by atoms with Gasteiger partial charge in [0, 0.05) is 38.0 Å². The summed E-state index contributed by atoms with van der Waals surface area (Å²) in [5.41, 5.74) is 3.04. The number of fused-ring (bicyclic) bond motifs is 1. The molecule has 0 radical (unpaired) electrons. The van der Waals surface area contributed by atoms with E-state index in [0.717, 1.165) is 32.0 Å². The highest BCUT2D eigenvalue weighted by atomic mass is 16.2. The maximum atomic E-state index is 12.6. The molecule has 1 aromatic rings. The lowest BCUT2D eigenvalue weighted by molar-refractivity contribution is -0.133. The molecule has 4 nitrogen and oxygen atoms in total. The minimum absolute atomic E-state index is 0.224. The van der Waals surface area contributed by atoms with E-state index in [1.165, 1.54) is 56.6 Å². The number of benzene rings is 1. The van der Waals surface area contributed by atoms with Crippen molar-refractivity contribution < 1.29 is 4.79 Å². The Morgan fingerprint density at radius 1 is 1.27 bits per heavy atom. The number of carbonyl (C=O) groups excluding carboxylic acids is 1. The molecule has 2 fully saturated rings. The van der Waals surface area contributed by atoms with Gasteiger partial charge in [-0.25, -0.2) is 0 Å². The van der Waals surface area contributed by atoms with E-state index < -0.39 is 0 Å². The van der Waals surface area contributed by atoms with E-state index >= 15 is 0 Å². The molecule has 2 unspecified atom stereocenters. The largest absolute Gasteiger partial charge is 0.338 e. The SMILES string of the molecule is CCC(=O)N1Cc2ccccc2CC2(CCCN(CC3CCNC3)C2)C1. The molecule has 2 saturated heterocycles. The molecule has 26 heavy (non-hydrogen) atoms. The Labute approximate surface area is 157 Å². The second-order valence-corrected chi connectivity index (χ2v) is 8.75. The Morgan fingerprint density at radius 3 is 2.88 bits per heavy atom. The zero-order valence-corrected chi connectivity index (χ0v) is 16.2. The Morgan fingerprint density at radius 2 is 2.12 bits per heavy atom. The Balaban J connectivity index is 1.57. The van der Waals surface area contributed by atoms with Crippen LogP contribution in [0.25, 0.3) is 0 Å². The first-order valence-electron chi connectivity index (χ1n) is 10.5. The van der Waals surface area contributed by atoms with Crippen molar-refractivity contribution in [2.75, 3.05) is 39.3 Å². The fourth-order valence-corrected chi connectivity index (χ4v) is 5.39. The predicted octanol–water partition coefficient (Wildman–Crippen LogP) is 2.67. The molecule has 1 N–H and O–H groups in total. The van der Waals surface area contributed by atoms with Gasteiger partial charge < -0.3 is 15.1 Å². The Hall–Kier alpha value is -1.39. The first kappa shape index (κ1) is 18.0. The van der Waals surface area contributed by atoms with Gasteiger partial charge in [0.2, 0.25) is 5.91 Å². The quantitative estimate of drug-likeness (QED) is 0.905. The van der Waals surface area contributed by atoms with Crippen LogP contribution in [-0.4, -0.2) is 55.0 Å². The van der Waals surface area contributed by atoms with Crippen LogP contribution in [-0.2, 0) is 17.8 Å². The second-order valence-electron chi connectivity index (χ2n) is 8.75. The third-order valence-electron chi connectivity index (χ3n) is 6.65. The average Bonchev–Trinajstić information content (AvgIpc) is 3.09. The average molecular weight is 356 g/mol. The van der Waals surface area contributed by atoms with Crippen LogP contribution in [0.2, 0.25) is 0 Å². The summed E-state index contributed by atoms with van der Waals surface area (Å²) in [4.78, 5) is 17.5. The number of nitrogens with zero attached hydrogens (tertiary/aromatic N) is 2. The van der Waals surface area contributed by atoms with E-state index in [1.54, 1.807) is 0 Å².